The molecule has 1 aliphatic heterocycles. The quantitative estimate of drug-likeness (QED) is 0.397. The van der Waals surface area contributed by atoms with Crippen molar-refractivity contribution in [1.29, 1.82) is 0 Å². The van der Waals surface area contributed by atoms with Gasteiger partial charge in [0.15, 0.2) is 12.1 Å². The molecule has 1 N–H and O–H groups in total. The van der Waals surface area contributed by atoms with E-state index in [2.05, 4.69) is 4.74 Å². The smallest absolute Gasteiger partial charge is 0.330 e. The Kier molecular flexibility index (Phi) is 4.57. The van der Waals surface area contributed by atoms with Crippen LogP contribution in [-0.4, -0.2) is 50.8 Å². The lowest BCUT2D eigenvalue weighted by molar-refractivity contribution is -0.143. The third-order valence-electron chi connectivity index (χ3n) is 2.36. The Hall–Kier alpha value is -0.790. The first-order valence-corrected chi connectivity index (χ1v) is 6.29. The molecule has 0 aromatic heterocycles. The molecule has 92 valence electrons. The van der Waals surface area contributed by atoms with Gasteiger partial charge in [0.25, 0.3) is 0 Å². The van der Waals surface area contributed by atoms with E-state index in [1.807, 2.05) is 6.92 Å². The average Bonchev–Trinajstić information content (AvgIpc) is 3.00. The van der Waals surface area contributed by atoms with Crippen molar-refractivity contribution in [3.05, 3.63) is 0 Å². The Morgan fingerprint density at radius 3 is 2.56 bits per heavy atom. The first-order valence-electron chi connectivity index (χ1n) is 5.02. The number of carbonyl (C=O) groups excluding carboxylic acids is 1. The fraction of sp³-hybridized carbons (Fsp3) is 0.778. The second kappa shape index (κ2) is 5.51. The number of hydrogen-bond donors (Lipinski definition) is 1. The van der Waals surface area contributed by atoms with Crippen molar-refractivity contribution < 1.29 is 24.0 Å². The number of carboxylic acids is 1. The van der Waals surface area contributed by atoms with Gasteiger partial charge in [-0.2, -0.15) is 0 Å². The highest BCUT2D eigenvalue weighted by Crippen LogP contribution is 2.34. The number of ether oxygens (including phenoxy) is 1. The summed E-state index contributed by atoms with van der Waals surface area (Å²) in [6.07, 6.45) is 1.61. The predicted octanol–water partition coefficient (Wildman–Crippen LogP) is -0.239. The van der Waals surface area contributed by atoms with Gasteiger partial charge in [-0.3, -0.25) is 9.59 Å². The van der Waals surface area contributed by atoms with Gasteiger partial charge in [-0.05, 0) is 6.42 Å². The van der Waals surface area contributed by atoms with Crippen molar-refractivity contribution in [3.8, 4) is 0 Å². The summed E-state index contributed by atoms with van der Waals surface area (Å²) < 4.78 is 17.3. The Bertz CT molecular complexity index is 285. The van der Waals surface area contributed by atoms with E-state index in [1.54, 1.807) is 0 Å². The van der Waals surface area contributed by atoms with E-state index in [-0.39, 0.29) is 0 Å². The minimum atomic E-state index is -1.41. The van der Waals surface area contributed by atoms with Crippen molar-refractivity contribution >= 4 is 23.3 Å². The van der Waals surface area contributed by atoms with E-state index in [0.717, 1.165) is 12.8 Å². The van der Waals surface area contributed by atoms with Gasteiger partial charge < -0.3 is 14.4 Å². The van der Waals surface area contributed by atoms with E-state index in [4.69, 9.17) is 5.11 Å². The van der Waals surface area contributed by atoms with Crippen LogP contribution in [0.2, 0.25) is 0 Å². The molecule has 1 rings (SSSR count). The maximum Gasteiger partial charge on any atom is 0.330 e. The molecule has 0 aromatic carbocycles. The Morgan fingerprint density at radius 2 is 2.12 bits per heavy atom. The Labute approximate surface area is 96.9 Å². The SMILES string of the molecule is CCCC[S+]([O-])N1C(C(=O)O)C1C(=O)OC. The van der Waals surface area contributed by atoms with E-state index in [1.165, 1.54) is 11.4 Å². The lowest BCUT2D eigenvalue weighted by atomic mass is 10.3. The summed E-state index contributed by atoms with van der Waals surface area (Å²) >= 11 is -1.41. The van der Waals surface area contributed by atoms with Crippen LogP contribution < -0.4 is 0 Å². The molecule has 0 spiro atoms. The maximum atomic E-state index is 11.7. The van der Waals surface area contributed by atoms with Gasteiger partial charge in [0.2, 0.25) is 0 Å². The van der Waals surface area contributed by atoms with Crippen LogP contribution in [0.1, 0.15) is 19.8 Å². The molecular formula is C9H15NO5S. The van der Waals surface area contributed by atoms with Crippen molar-refractivity contribution in [2.45, 2.75) is 31.8 Å². The van der Waals surface area contributed by atoms with Crippen molar-refractivity contribution in [3.63, 3.8) is 0 Å². The van der Waals surface area contributed by atoms with Crippen molar-refractivity contribution in [1.82, 2.24) is 4.31 Å². The van der Waals surface area contributed by atoms with E-state index in [9.17, 15) is 14.1 Å². The highest BCUT2D eigenvalue weighted by molar-refractivity contribution is 7.89. The van der Waals surface area contributed by atoms with Crippen LogP contribution in [0.3, 0.4) is 0 Å². The van der Waals surface area contributed by atoms with Gasteiger partial charge in [0.1, 0.15) is 5.75 Å². The van der Waals surface area contributed by atoms with E-state index < -0.39 is 35.4 Å². The molecule has 0 saturated carbocycles. The normalized spacial score (nSPS) is 29.6. The minimum Gasteiger partial charge on any atom is -0.598 e. The molecule has 1 saturated heterocycles. The van der Waals surface area contributed by atoms with Gasteiger partial charge in [0, 0.05) is 11.4 Å². The summed E-state index contributed by atoms with van der Waals surface area (Å²) in [5.74, 6) is -1.40. The molecule has 16 heavy (non-hydrogen) atoms. The average molecular weight is 249 g/mol. The number of carboxylic acid groups (broad SMARTS) is 1. The molecule has 0 radical (unpaired) electrons. The molecule has 4 unspecified atom stereocenters. The van der Waals surface area contributed by atoms with Crippen LogP contribution in [0.25, 0.3) is 0 Å². The molecule has 1 aliphatic rings. The number of methoxy groups -OCH3 is 1. The molecule has 0 aromatic rings. The third kappa shape index (κ3) is 2.66. The second-order valence-corrected chi connectivity index (χ2v) is 4.96. The topological polar surface area (TPSA) is 89.7 Å². The van der Waals surface area contributed by atoms with Gasteiger partial charge in [-0.15, -0.1) is 0 Å². The first-order chi connectivity index (χ1) is 7.54. The van der Waals surface area contributed by atoms with Crippen LogP contribution in [0.4, 0.5) is 0 Å². The van der Waals surface area contributed by atoms with Gasteiger partial charge in [0.05, 0.1) is 7.11 Å². The summed E-state index contributed by atoms with van der Waals surface area (Å²) in [7, 11) is 1.19. The van der Waals surface area contributed by atoms with Gasteiger partial charge in [-0.1, -0.05) is 17.6 Å². The lowest BCUT2D eigenvalue weighted by Crippen LogP contribution is -2.23. The summed E-state index contributed by atoms with van der Waals surface area (Å²) in [6, 6.07) is -1.88. The van der Waals surface area contributed by atoms with Crippen LogP contribution in [0.15, 0.2) is 0 Å². The fourth-order valence-electron chi connectivity index (χ4n) is 1.44. The molecule has 0 amide bonds. The van der Waals surface area contributed by atoms with Crippen molar-refractivity contribution in [2.24, 2.45) is 0 Å². The van der Waals surface area contributed by atoms with Crippen LogP contribution >= 0.6 is 0 Å². The summed E-state index contributed by atoms with van der Waals surface area (Å²) in [5, 5.41) is 8.83. The van der Waals surface area contributed by atoms with E-state index >= 15 is 0 Å². The number of nitrogens with zero attached hydrogens (tertiary/aromatic N) is 1. The summed E-state index contributed by atoms with van der Waals surface area (Å²) in [6.45, 7) is 1.95. The molecule has 0 bridgehead atoms. The third-order valence-corrected chi connectivity index (χ3v) is 3.92. The zero-order chi connectivity index (χ0) is 12.3. The monoisotopic (exact) mass is 249 g/mol. The van der Waals surface area contributed by atoms with Crippen LogP contribution in [-0.2, 0) is 25.7 Å². The second-order valence-electron chi connectivity index (χ2n) is 3.49. The Morgan fingerprint density at radius 1 is 1.50 bits per heavy atom. The molecule has 6 nitrogen and oxygen atoms in total. The fourth-order valence-corrected chi connectivity index (χ4v) is 3.04. The zero-order valence-corrected chi connectivity index (χ0v) is 10.0. The number of esters is 1. The zero-order valence-electron chi connectivity index (χ0n) is 9.21. The maximum absolute atomic E-state index is 11.7. The number of hydrogen-bond acceptors (Lipinski definition) is 5. The van der Waals surface area contributed by atoms with Gasteiger partial charge >= 0.3 is 11.9 Å². The minimum absolute atomic E-state index is 0.383. The highest BCUT2D eigenvalue weighted by Gasteiger charge is 2.65. The van der Waals surface area contributed by atoms with Gasteiger partial charge in [-0.25, -0.2) is 0 Å². The molecule has 1 heterocycles. The number of carbonyl (C=O) groups is 2. The Balaban J connectivity index is 2.58. The first kappa shape index (κ1) is 13.3. The predicted molar refractivity (Wildman–Crippen MR) is 57.0 cm³/mol. The van der Waals surface area contributed by atoms with E-state index in [0.29, 0.717) is 5.75 Å². The number of rotatable bonds is 6. The van der Waals surface area contributed by atoms with Crippen LogP contribution in [0, 0.1) is 0 Å². The molecular weight excluding hydrogens is 234 g/mol. The standard InChI is InChI=1S/C9H15NO5S/c1-3-4-5-16(14)10-6(8(11)12)7(10)9(13)15-2/h6-7H,3-5H2,1-2H3,(H,11,12). The van der Waals surface area contributed by atoms with Crippen LogP contribution in [0.5, 0.6) is 0 Å². The number of unbranched alkanes of at least 4 members (excludes halogenated alkanes) is 1. The number of aliphatic carboxylic acids is 1. The summed E-state index contributed by atoms with van der Waals surface area (Å²) in [4.78, 5) is 22.0. The lowest BCUT2D eigenvalue weighted by Gasteiger charge is -2.10. The summed E-state index contributed by atoms with van der Waals surface area (Å²) in [5.41, 5.74) is 0. The molecule has 4 atom stereocenters. The van der Waals surface area contributed by atoms with Crippen molar-refractivity contribution in [2.75, 3.05) is 12.9 Å². The highest BCUT2D eigenvalue weighted by atomic mass is 32.2. The largest absolute Gasteiger partial charge is 0.598 e. The molecule has 0 aliphatic carbocycles. The molecule has 1 fully saturated rings. The molecule has 7 heteroatoms.